The summed E-state index contributed by atoms with van der Waals surface area (Å²) in [7, 11) is 0. The predicted octanol–water partition coefficient (Wildman–Crippen LogP) is 2.05. The molecule has 142 valence electrons. The van der Waals surface area contributed by atoms with E-state index in [9.17, 15) is 14.0 Å². The van der Waals surface area contributed by atoms with Gasteiger partial charge in [0.25, 0.3) is 5.56 Å². The number of benzene rings is 1. The first-order valence-electron chi connectivity index (χ1n) is 8.91. The second kappa shape index (κ2) is 6.24. The van der Waals surface area contributed by atoms with E-state index in [-0.39, 0.29) is 23.0 Å². The molecule has 0 unspecified atom stereocenters. The Morgan fingerprint density at radius 3 is 2.86 bits per heavy atom. The lowest BCUT2D eigenvalue weighted by Gasteiger charge is -2.07. The first kappa shape index (κ1) is 17.1. The number of imidazole rings is 1. The molecular weight excluding hydrogens is 375 g/mol. The van der Waals surface area contributed by atoms with E-state index in [0.29, 0.717) is 11.3 Å². The number of nitrogens with one attached hydrogen (secondary N) is 2. The van der Waals surface area contributed by atoms with Crippen LogP contribution in [0.4, 0.5) is 4.39 Å². The van der Waals surface area contributed by atoms with E-state index in [2.05, 4.69) is 20.1 Å². The molecule has 5 rings (SSSR count). The lowest BCUT2D eigenvalue weighted by atomic mass is 10.0. The first-order valence-corrected chi connectivity index (χ1v) is 8.91. The molecule has 1 fully saturated rings. The molecule has 0 bridgehead atoms. The highest BCUT2D eigenvalue weighted by atomic mass is 19.1. The van der Waals surface area contributed by atoms with E-state index in [1.807, 2.05) is 6.07 Å². The van der Waals surface area contributed by atoms with Crippen molar-refractivity contribution in [2.24, 2.45) is 0 Å². The highest BCUT2D eigenvalue weighted by Gasteiger charge is 2.41. The molecule has 1 aliphatic carbocycles. The lowest BCUT2D eigenvalue weighted by molar-refractivity contribution is 0.625. The SMILES string of the molecule is N#Cc1cc(F)cc([C@H]2C[C@@H]2c2cc(-c3c[nH]c(=O)[nH]c3=O)nn3ccnc23)c1. The number of rotatable bonds is 3. The summed E-state index contributed by atoms with van der Waals surface area (Å²) in [5, 5.41) is 13.5. The van der Waals surface area contributed by atoms with Crippen LogP contribution >= 0.6 is 0 Å². The average Bonchev–Trinajstić information content (AvgIpc) is 3.35. The molecule has 3 aromatic heterocycles. The van der Waals surface area contributed by atoms with Crippen molar-refractivity contribution in [3.63, 3.8) is 0 Å². The van der Waals surface area contributed by atoms with Gasteiger partial charge >= 0.3 is 5.69 Å². The predicted molar refractivity (Wildman–Crippen MR) is 101 cm³/mol. The minimum absolute atomic E-state index is 0.0439. The first-order chi connectivity index (χ1) is 14.0. The Morgan fingerprint density at radius 1 is 1.21 bits per heavy atom. The summed E-state index contributed by atoms with van der Waals surface area (Å²) in [5.74, 6) is -0.343. The second-order valence-corrected chi connectivity index (χ2v) is 7.00. The Bertz CT molecular complexity index is 1430. The lowest BCUT2D eigenvalue weighted by Crippen LogP contribution is -2.23. The van der Waals surface area contributed by atoms with Crippen LogP contribution < -0.4 is 11.2 Å². The summed E-state index contributed by atoms with van der Waals surface area (Å²) < 4.78 is 15.4. The highest BCUT2D eigenvalue weighted by molar-refractivity contribution is 5.63. The summed E-state index contributed by atoms with van der Waals surface area (Å²) in [6.45, 7) is 0. The van der Waals surface area contributed by atoms with Crippen LogP contribution in [0, 0.1) is 17.1 Å². The molecule has 0 spiro atoms. The van der Waals surface area contributed by atoms with Gasteiger partial charge in [-0.3, -0.25) is 9.78 Å². The zero-order valence-corrected chi connectivity index (χ0v) is 14.9. The maximum Gasteiger partial charge on any atom is 0.325 e. The van der Waals surface area contributed by atoms with Crippen molar-refractivity contribution < 1.29 is 4.39 Å². The van der Waals surface area contributed by atoms with Crippen molar-refractivity contribution >= 4 is 5.65 Å². The van der Waals surface area contributed by atoms with Crippen LogP contribution in [0.1, 0.15) is 34.9 Å². The minimum atomic E-state index is -0.593. The van der Waals surface area contributed by atoms with Crippen LogP contribution in [0.3, 0.4) is 0 Å². The van der Waals surface area contributed by atoms with Crippen LogP contribution in [-0.4, -0.2) is 24.6 Å². The molecule has 2 N–H and O–H groups in total. The van der Waals surface area contributed by atoms with Crippen LogP contribution in [0.5, 0.6) is 0 Å². The zero-order valence-electron chi connectivity index (χ0n) is 14.9. The molecule has 4 aromatic rings. The number of hydrogen-bond donors (Lipinski definition) is 2. The molecule has 3 heterocycles. The van der Waals surface area contributed by atoms with Crippen LogP contribution in [-0.2, 0) is 0 Å². The van der Waals surface area contributed by atoms with Crippen molar-refractivity contribution in [3.8, 4) is 17.3 Å². The molecule has 0 saturated heterocycles. The third kappa shape index (κ3) is 2.91. The van der Waals surface area contributed by atoms with Crippen molar-refractivity contribution in [1.29, 1.82) is 5.26 Å². The summed E-state index contributed by atoms with van der Waals surface area (Å²) in [5.41, 5.74) is 2.06. The molecule has 0 amide bonds. The maximum absolute atomic E-state index is 13.9. The van der Waals surface area contributed by atoms with Crippen molar-refractivity contribution in [3.05, 3.63) is 86.2 Å². The zero-order chi connectivity index (χ0) is 20.1. The third-order valence-corrected chi connectivity index (χ3v) is 5.15. The van der Waals surface area contributed by atoms with Gasteiger partial charge in [0.15, 0.2) is 5.65 Å². The van der Waals surface area contributed by atoms with E-state index in [1.165, 1.54) is 18.3 Å². The molecule has 29 heavy (non-hydrogen) atoms. The minimum Gasteiger partial charge on any atom is -0.313 e. The molecule has 1 aromatic carbocycles. The molecule has 1 aliphatic rings. The van der Waals surface area contributed by atoms with Crippen LogP contribution in [0.15, 0.2) is 52.4 Å². The van der Waals surface area contributed by atoms with Crippen LogP contribution in [0.25, 0.3) is 16.9 Å². The van der Waals surface area contributed by atoms with Gasteiger partial charge in [-0.15, -0.1) is 0 Å². The number of hydrogen-bond acceptors (Lipinski definition) is 5. The Hall–Kier alpha value is -4.06. The highest BCUT2D eigenvalue weighted by Crippen LogP contribution is 2.55. The summed E-state index contributed by atoms with van der Waals surface area (Å²) >= 11 is 0. The number of nitrogens with zero attached hydrogens (tertiary/aromatic N) is 4. The Kier molecular flexibility index (Phi) is 3.67. The molecule has 1 saturated carbocycles. The van der Waals surface area contributed by atoms with Crippen molar-refractivity contribution in [2.45, 2.75) is 18.3 Å². The molecular formula is C20H13FN6O2. The second-order valence-electron chi connectivity index (χ2n) is 7.00. The molecule has 9 heteroatoms. The molecule has 2 atom stereocenters. The number of aromatic amines is 2. The van der Waals surface area contributed by atoms with E-state index < -0.39 is 17.1 Å². The Morgan fingerprint density at radius 2 is 2.07 bits per heavy atom. The maximum atomic E-state index is 13.9. The molecule has 0 radical (unpaired) electrons. The normalized spacial score (nSPS) is 17.9. The Labute approximate surface area is 162 Å². The fraction of sp³-hybridized carbons (Fsp3) is 0.150. The van der Waals surface area contributed by atoms with Gasteiger partial charge in [0.1, 0.15) is 5.82 Å². The summed E-state index contributed by atoms with van der Waals surface area (Å²) in [6.07, 6.45) is 5.38. The number of fused-ring (bicyclic) bond motifs is 1. The van der Waals surface area contributed by atoms with Crippen molar-refractivity contribution in [1.82, 2.24) is 24.6 Å². The van der Waals surface area contributed by atoms with Gasteiger partial charge in [-0.2, -0.15) is 10.4 Å². The van der Waals surface area contributed by atoms with Gasteiger partial charge < -0.3 is 4.98 Å². The fourth-order valence-corrected chi connectivity index (χ4v) is 3.74. The number of nitriles is 1. The topological polar surface area (TPSA) is 120 Å². The smallest absolute Gasteiger partial charge is 0.313 e. The van der Waals surface area contributed by atoms with Crippen molar-refractivity contribution in [2.75, 3.05) is 0 Å². The fourth-order valence-electron chi connectivity index (χ4n) is 3.74. The van der Waals surface area contributed by atoms with Gasteiger partial charge in [-0.05, 0) is 48.1 Å². The van der Waals surface area contributed by atoms with Gasteiger partial charge in [0, 0.05) is 24.2 Å². The van der Waals surface area contributed by atoms with Gasteiger partial charge in [-0.1, -0.05) is 0 Å². The van der Waals surface area contributed by atoms with Gasteiger partial charge in [0.05, 0.1) is 22.9 Å². The average molecular weight is 388 g/mol. The van der Waals surface area contributed by atoms with E-state index in [4.69, 9.17) is 5.26 Å². The molecule has 0 aliphatic heterocycles. The van der Waals surface area contributed by atoms with E-state index in [1.54, 1.807) is 29.0 Å². The van der Waals surface area contributed by atoms with Gasteiger partial charge in [0.2, 0.25) is 0 Å². The summed E-state index contributed by atoms with van der Waals surface area (Å²) in [6, 6.07) is 8.11. The number of aromatic nitrogens is 5. The standard InChI is InChI=1S/C20H13FN6O2/c21-12-4-10(8-22)3-11(5-12)13-6-14(13)15-7-17(26-27-2-1-23-18(15)27)16-9-24-20(29)25-19(16)28/h1-5,7,9,13-14H,6H2,(H2,24,25,28,29)/t13-,14+/m1/s1. The molecule has 8 nitrogen and oxygen atoms in total. The van der Waals surface area contributed by atoms with Gasteiger partial charge in [-0.25, -0.2) is 18.7 Å². The van der Waals surface area contributed by atoms with E-state index >= 15 is 0 Å². The third-order valence-electron chi connectivity index (χ3n) is 5.15. The Balaban J connectivity index is 1.60. The number of H-pyrrole nitrogens is 2. The number of halogens is 1. The van der Waals surface area contributed by atoms with Crippen LogP contribution in [0.2, 0.25) is 0 Å². The monoisotopic (exact) mass is 388 g/mol. The quantitative estimate of drug-likeness (QED) is 0.557. The largest absolute Gasteiger partial charge is 0.325 e. The summed E-state index contributed by atoms with van der Waals surface area (Å²) in [4.78, 5) is 32.5. The van der Waals surface area contributed by atoms with E-state index in [0.717, 1.165) is 17.5 Å².